The molecule has 0 unspecified atom stereocenters. The monoisotopic (exact) mass is 296 g/mol. The van der Waals surface area contributed by atoms with Gasteiger partial charge in [-0.25, -0.2) is 0 Å². The molecule has 0 aliphatic carbocycles. The van der Waals surface area contributed by atoms with Crippen LogP contribution in [0.4, 0.5) is 0 Å². The Morgan fingerprint density at radius 2 is 0.778 bits per heavy atom. The third kappa shape index (κ3) is 9.26. The minimum atomic E-state index is -0.689. The zero-order valence-corrected chi connectivity index (χ0v) is 15.4. The Morgan fingerprint density at radius 3 is 0.778 bits per heavy atom. The van der Waals surface area contributed by atoms with E-state index in [2.05, 4.69) is 0 Å². The molecule has 0 spiro atoms. The largest absolute Gasteiger partial charge is 0.259 e. The van der Waals surface area contributed by atoms with Crippen LogP contribution in [-0.4, -0.2) is 28.4 Å². The smallest absolute Gasteiger partial charge is 0.0377 e. The van der Waals surface area contributed by atoms with Crippen molar-refractivity contribution >= 4 is 21.6 Å². The SMILES string of the molecule is CC(C)[S@@](=O)C(C)(C)C.CC(C)[S@](=O)C(C)(C)C. The molecule has 2 atom stereocenters. The molecule has 18 heavy (non-hydrogen) atoms. The first-order chi connectivity index (χ1) is 7.71. The first kappa shape index (κ1) is 20.6. The molecule has 0 aliphatic heterocycles. The molecule has 2 nitrogen and oxygen atoms in total. The fraction of sp³-hybridized carbons (Fsp3) is 1.00. The zero-order valence-electron chi connectivity index (χ0n) is 13.8. The molecule has 112 valence electrons. The van der Waals surface area contributed by atoms with Crippen molar-refractivity contribution in [2.45, 2.75) is 89.2 Å². The minimum absolute atomic E-state index is 0.0475. The summed E-state index contributed by atoms with van der Waals surface area (Å²) in [5.74, 6) is 0. The van der Waals surface area contributed by atoms with E-state index in [1.165, 1.54) is 0 Å². The Labute approximate surface area is 119 Å². The van der Waals surface area contributed by atoms with E-state index in [1.54, 1.807) is 0 Å². The van der Waals surface area contributed by atoms with Gasteiger partial charge in [-0.15, -0.1) is 0 Å². The maximum atomic E-state index is 11.3. The van der Waals surface area contributed by atoms with Crippen LogP contribution in [0.3, 0.4) is 0 Å². The molecule has 0 aromatic heterocycles. The molecule has 0 saturated heterocycles. The summed E-state index contributed by atoms with van der Waals surface area (Å²) in [5.41, 5.74) is 0. The Bertz CT molecular complexity index is 251. The second-order valence-electron chi connectivity index (χ2n) is 6.92. The van der Waals surface area contributed by atoms with Gasteiger partial charge in [0.15, 0.2) is 0 Å². The van der Waals surface area contributed by atoms with Gasteiger partial charge in [0.2, 0.25) is 0 Å². The standard InChI is InChI=1S/2C7H16OS/c2*1-6(2)9(8)7(3,4)5/h2*6H,1-5H3/t2*9-/m10/s1. The predicted molar refractivity (Wildman–Crippen MR) is 86.1 cm³/mol. The van der Waals surface area contributed by atoms with Gasteiger partial charge in [0, 0.05) is 41.6 Å². The fourth-order valence-electron chi connectivity index (χ4n) is 1.41. The molecule has 0 N–H and O–H groups in total. The highest BCUT2D eigenvalue weighted by atomic mass is 32.2. The minimum Gasteiger partial charge on any atom is -0.259 e. The van der Waals surface area contributed by atoms with Gasteiger partial charge in [-0.05, 0) is 41.5 Å². The van der Waals surface area contributed by atoms with Crippen LogP contribution in [0.5, 0.6) is 0 Å². The van der Waals surface area contributed by atoms with Crippen molar-refractivity contribution in [3.05, 3.63) is 0 Å². The molecular weight excluding hydrogens is 264 g/mol. The lowest BCUT2D eigenvalue weighted by atomic mass is 10.3. The Morgan fingerprint density at radius 1 is 0.611 bits per heavy atom. The van der Waals surface area contributed by atoms with Crippen molar-refractivity contribution in [2.75, 3.05) is 0 Å². The summed E-state index contributed by atoms with van der Waals surface area (Å²) >= 11 is 0. The topological polar surface area (TPSA) is 34.1 Å². The van der Waals surface area contributed by atoms with Crippen LogP contribution in [0.25, 0.3) is 0 Å². The van der Waals surface area contributed by atoms with Crippen molar-refractivity contribution in [1.29, 1.82) is 0 Å². The predicted octanol–water partition coefficient (Wildman–Crippen LogP) is 3.88. The van der Waals surface area contributed by atoms with Crippen molar-refractivity contribution in [3.63, 3.8) is 0 Å². The summed E-state index contributed by atoms with van der Waals surface area (Å²) in [5, 5.41) is 0.565. The van der Waals surface area contributed by atoms with Crippen molar-refractivity contribution in [2.24, 2.45) is 0 Å². The Kier molecular flexibility index (Phi) is 8.91. The molecular formula is C14H32O2S2. The summed E-state index contributed by atoms with van der Waals surface area (Å²) < 4.78 is 22.5. The molecule has 0 aromatic carbocycles. The van der Waals surface area contributed by atoms with Gasteiger partial charge in [-0.2, -0.15) is 0 Å². The highest BCUT2D eigenvalue weighted by Gasteiger charge is 2.22. The van der Waals surface area contributed by atoms with Crippen molar-refractivity contribution in [1.82, 2.24) is 0 Å². The quantitative estimate of drug-likeness (QED) is 0.775. The highest BCUT2D eigenvalue weighted by molar-refractivity contribution is 7.87. The average molecular weight is 297 g/mol. The maximum absolute atomic E-state index is 11.3. The first-order valence-corrected chi connectivity index (χ1v) is 8.95. The maximum Gasteiger partial charge on any atom is 0.0377 e. The van der Waals surface area contributed by atoms with Crippen LogP contribution < -0.4 is 0 Å². The van der Waals surface area contributed by atoms with Gasteiger partial charge >= 0.3 is 0 Å². The van der Waals surface area contributed by atoms with Crippen LogP contribution in [0.15, 0.2) is 0 Å². The molecule has 4 heteroatoms. The Hall–Kier alpha value is 0.300. The summed E-state index contributed by atoms with van der Waals surface area (Å²) in [4.78, 5) is 0. The zero-order chi connectivity index (χ0) is 15.3. The number of hydrogen-bond acceptors (Lipinski definition) is 2. The lowest BCUT2D eigenvalue weighted by molar-refractivity contribution is 0.640. The molecule has 0 aliphatic rings. The molecule has 0 radical (unpaired) electrons. The molecule has 0 saturated carbocycles. The molecule has 0 fully saturated rings. The van der Waals surface area contributed by atoms with E-state index in [-0.39, 0.29) is 20.0 Å². The van der Waals surface area contributed by atoms with E-state index >= 15 is 0 Å². The van der Waals surface area contributed by atoms with Gasteiger partial charge in [0.1, 0.15) is 0 Å². The molecule has 0 aromatic rings. The molecule has 0 heterocycles. The van der Waals surface area contributed by atoms with Gasteiger partial charge in [-0.3, -0.25) is 8.42 Å². The normalized spacial score (nSPS) is 16.2. The summed E-state index contributed by atoms with van der Waals surface area (Å²) in [6.07, 6.45) is 0. The van der Waals surface area contributed by atoms with Crippen LogP contribution in [0.1, 0.15) is 69.2 Å². The third-order valence-corrected chi connectivity index (χ3v) is 6.19. The van der Waals surface area contributed by atoms with Crippen LogP contribution in [0.2, 0.25) is 0 Å². The van der Waals surface area contributed by atoms with Crippen molar-refractivity contribution < 1.29 is 8.42 Å². The van der Waals surface area contributed by atoms with E-state index < -0.39 is 21.6 Å². The van der Waals surface area contributed by atoms with E-state index in [1.807, 2.05) is 69.2 Å². The summed E-state index contributed by atoms with van der Waals surface area (Å²) in [7, 11) is -1.38. The molecule has 0 rings (SSSR count). The second kappa shape index (κ2) is 7.78. The number of hydrogen-bond donors (Lipinski definition) is 0. The average Bonchev–Trinajstić information content (AvgIpc) is 2.13. The summed E-state index contributed by atoms with van der Waals surface area (Å²) in [6, 6.07) is 0. The summed E-state index contributed by atoms with van der Waals surface area (Å²) in [6.45, 7) is 20.0. The van der Waals surface area contributed by atoms with Gasteiger partial charge < -0.3 is 0 Å². The van der Waals surface area contributed by atoms with Crippen LogP contribution in [-0.2, 0) is 21.6 Å². The van der Waals surface area contributed by atoms with E-state index in [0.29, 0.717) is 0 Å². The van der Waals surface area contributed by atoms with Crippen LogP contribution >= 0.6 is 0 Å². The Balaban J connectivity index is 0. The molecule has 0 bridgehead atoms. The second-order valence-corrected chi connectivity index (χ2v) is 12.4. The third-order valence-electron chi connectivity index (χ3n) is 2.06. The fourth-order valence-corrected chi connectivity index (χ4v) is 4.24. The van der Waals surface area contributed by atoms with Gasteiger partial charge in [-0.1, -0.05) is 27.7 Å². The van der Waals surface area contributed by atoms with E-state index in [0.717, 1.165) is 0 Å². The van der Waals surface area contributed by atoms with Gasteiger partial charge in [0.25, 0.3) is 0 Å². The van der Waals surface area contributed by atoms with E-state index in [4.69, 9.17) is 0 Å². The first-order valence-electron chi connectivity index (χ1n) is 6.52. The lowest BCUT2D eigenvalue weighted by Crippen LogP contribution is -2.27. The molecule has 0 amide bonds. The lowest BCUT2D eigenvalue weighted by Gasteiger charge is -2.20. The van der Waals surface area contributed by atoms with Crippen LogP contribution in [0, 0.1) is 0 Å². The van der Waals surface area contributed by atoms with Gasteiger partial charge in [0.05, 0.1) is 0 Å². The highest BCUT2D eigenvalue weighted by Crippen LogP contribution is 2.15. The number of rotatable bonds is 2. The van der Waals surface area contributed by atoms with Crippen molar-refractivity contribution in [3.8, 4) is 0 Å². The van der Waals surface area contributed by atoms with E-state index in [9.17, 15) is 8.42 Å².